The average Bonchev–Trinajstić information content (AvgIpc) is 2.65. The molecule has 0 saturated carbocycles. The maximum Gasteiger partial charge on any atom is 0.284 e. The van der Waals surface area contributed by atoms with Crippen molar-refractivity contribution in [1.29, 1.82) is 0 Å². The summed E-state index contributed by atoms with van der Waals surface area (Å²) in [5.41, 5.74) is 9.15. The lowest BCUT2D eigenvalue weighted by Gasteiger charge is -2.26. The standard InChI is InChI=1S/C28H33OSi/c1-19-15-21(3)27(22(4)16-19)30(28-23(5)17-20(2)18-24(28)6)29-25(7)13-14-26-11-9-8-10-12-26/h8-18,25H,1-7H3/b14-13-. The van der Waals surface area contributed by atoms with Crippen molar-refractivity contribution in [2.45, 2.75) is 54.6 Å². The Morgan fingerprint density at radius 2 is 1.13 bits per heavy atom. The van der Waals surface area contributed by atoms with E-state index in [1.54, 1.807) is 0 Å². The van der Waals surface area contributed by atoms with Crippen LogP contribution in [0.3, 0.4) is 0 Å². The summed E-state index contributed by atoms with van der Waals surface area (Å²) >= 11 is 0. The van der Waals surface area contributed by atoms with Crippen LogP contribution in [0.25, 0.3) is 6.08 Å². The van der Waals surface area contributed by atoms with Crippen LogP contribution in [-0.4, -0.2) is 15.1 Å². The summed E-state index contributed by atoms with van der Waals surface area (Å²) < 4.78 is 6.86. The van der Waals surface area contributed by atoms with Gasteiger partial charge in [-0.05, 0) is 86.7 Å². The molecule has 0 N–H and O–H groups in total. The highest BCUT2D eigenvalue weighted by molar-refractivity contribution is 6.81. The summed E-state index contributed by atoms with van der Waals surface area (Å²) in [5.74, 6) is 0. The number of aryl methyl sites for hydroxylation is 6. The van der Waals surface area contributed by atoms with Crippen molar-refractivity contribution in [3.05, 3.63) is 99.6 Å². The normalized spacial score (nSPS) is 12.7. The molecule has 30 heavy (non-hydrogen) atoms. The number of benzene rings is 3. The van der Waals surface area contributed by atoms with Crippen LogP contribution in [-0.2, 0) is 4.43 Å². The fraction of sp³-hybridized carbons (Fsp3) is 0.286. The Morgan fingerprint density at radius 3 is 1.57 bits per heavy atom. The first-order valence-electron chi connectivity index (χ1n) is 10.7. The van der Waals surface area contributed by atoms with Gasteiger partial charge in [-0.2, -0.15) is 0 Å². The van der Waals surface area contributed by atoms with Gasteiger partial charge in [-0.3, -0.25) is 0 Å². The Bertz CT molecular complexity index is 946. The quantitative estimate of drug-likeness (QED) is 0.467. The summed E-state index contributed by atoms with van der Waals surface area (Å²) in [6.07, 6.45) is 4.37. The molecule has 0 aliphatic carbocycles. The molecular formula is C28H33OSi. The highest BCUT2D eigenvalue weighted by Crippen LogP contribution is 2.15. The molecule has 1 atom stereocenters. The highest BCUT2D eigenvalue weighted by Gasteiger charge is 2.28. The van der Waals surface area contributed by atoms with Crippen LogP contribution >= 0.6 is 0 Å². The van der Waals surface area contributed by atoms with Gasteiger partial charge in [-0.15, -0.1) is 0 Å². The zero-order valence-electron chi connectivity index (χ0n) is 19.3. The number of hydrogen-bond acceptors (Lipinski definition) is 1. The second kappa shape index (κ2) is 9.59. The predicted molar refractivity (Wildman–Crippen MR) is 132 cm³/mol. The third-order valence-electron chi connectivity index (χ3n) is 5.47. The van der Waals surface area contributed by atoms with Crippen molar-refractivity contribution in [3.8, 4) is 0 Å². The van der Waals surface area contributed by atoms with Crippen LogP contribution in [0.5, 0.6) is 0 Å². The van der Waals surface area contributed by atoms with E-state index in [0.29, 0.717) is 0 Å². The molecule has 0 aliphatic rings. The van der Waals surface area contributed by atoms with Gasteiger partial charge in [0.15, 0.2) is 0 Å². The highest BCUT2D eigenvalue weighted by atomic mass is 28.3. The smallest absolute Gasteiger partial charge is 0.284 e. The lowest BCUT2D eigenvalue weighted by Crippen LogP contribution is -2.51. The monoisotopic (exact) mass is 413 g/mol. The molecule has 0 fully saturated rings. The van der Waals surface area contributed by atoms with E-state index in [9.17, 15) is 0 Å². The van der Waals surface area contributed by atoms with Crippen LogP contribution in [0.2, 0.25) is 0 Å². The third-order valence-corrected chi connectivity index (χ3v) is 8.56. The molecule has 0 aliphatic heterocycles. The Hall–Kier alpha value is -2.42. The lowest BCUT2D eigenvalue weighted by atomic mass is 10.1. The second-order valence-electron chi connectivity index (χ2n) is 8.47. The molecule has 0 bridgehead atoms. The van der Waals surface area contributed by atoms with Crippen LogP contribution in [0.15, 0.2) is 60.7 Å². The summed E-state index contributed by atoms with van der Waals surface area (Å²) in [7, 11) is -1.41. The molecule has 0 saturated heterocycles. The molecule has 0 heterocycles. The molecule has 2 heteroatoms. The van der Waals surface area contributed by atoms with Crippen molar-refractivity contribution in [2.75, 3.05) is 0 Å². The summed E-state index contributed by atoms with van der Waals surface area (Å²) in [4.78, 5) is 0. The molecule has 3 rings (SSSR count). The minimum atomic E-state index is -1.41. The Balaban J connectivity index is 2.04. The minimum Gasteiger partial charge on any atom is -0.401 e. The summed E-state index contributed by atoms with van der Waals surface area (Å²) in [6.45, 7) is 15.4. The van der Waals surface area contributed by atoms with Gasteiger partial charge in [0.1, 0.15) is 0 Å². The largest absolute Gasteiger partial charge is 0.401 e. The van der Waals surface area contributed by atoms with E-state index in [2.05, 4.69) is 109 Å². The van der Waals surface area contributed by atoms with Crippen molar-refractivity contribution in [3.63, 3.8) is 0 Å². The number of hydrogen-bond donors (Lipinski definition) is 0. The maximum atomic E-state index is 6.86. The van der Waals surface area contributed by atoms with Gasteiger partial charge in [0.25, 0.3) is 9.04 Å². The van der Waals surface area contributed by atoms with Crippen molar-refractivity contribution in [2.24, 2.45) is 0 Å². The summed E-state index contributed by atoms with van der Waals surface area (Å²) in [5, 5.41) is 2.78. The Labute approximate surface area is 184 Å². The fourth-order valence-corrected chi connectivity index (χ4v) is 7.01. The van der Waals surface area contributed by atoms with Gasteiger partial charge in [-0.1, -0.05) is 77.9 Å². The van der Waals surface area contributed by atoms with Gasteiger partial charge in [0, 0.05) is 0 Å². The first-order chi connectivity index (χ1) is 14.3. The molecule has 0 aromatic heterocycles. The lowest BCUT2D eigenvalue weighted by molar-refractivity contribution is 0.283. The molecule has 3 aromatic rings. The Kier molecular flexibility index (Phi) is 7.12. The zero-order valence-corrected chi connectivity index (χ0v) is 20.3. The van der Waals surface area contributed by atoms with E-state index in [0.717, 1.165) is 0 Å². The van der Waals surface area contributed by atoms with Crippen LogP contribution < -0.4 is 10.4 Å². The van der Waals surface area contributed by atoms with Crippen LogP contribution in [0.4, 0.5) is 0 Å². The van der Waals surface area contributed by atoms with Crippen molar-refractivity contribution < 1.29 is 4.43 Å². The van der Waals surface area contributed by atoms with Crippen molar-refractivity contribution >= 4 is 25.5 Å². The molecular weight excluding hydrogens is 380 g/mol. The van der Waals surface area contributed by atoms with Gasteiger partial charge in [0.05, 0.1) is 6.10 Å². The fourth-order valence-electron chi connectivity index (χ4n) is 4.36. The van der Waals surface area contributed by atoms with Gasteiger partial charge >= 0.3 is 0 Å². The van der Waals surface area contributed by atoms with Gasteiger partial charge < -0.3 is 4.43 Å². The van der Waals surface area contributed by atoms with Crippen LogP contribution in [0.1, 0.15) is 45.9 Å². The molecule has 0 amide bonds. The van der Waals surface area contributed by atoms with E-state index < -0.39 is 9.04 Å². The first-order valence-corrected chi connectivity index (χ1v) is 12.1. The molecule has 155 valence electrons. The van der Waals surface area contributed by atoms with Gasteiger partial charge in [0.2, 0.25) is 0 Å². The molecule has 3 aromatic carbocycles. The maximum absolute atomic E-state index is 6.86. The van der Waals surface area contributed by atoms with Crippen molar-refractivity contribution in [1.82, 2.24) is 0 Å². The van der Waals surface area contributed by atoms with Crippen LogP contribution in [0, 0.1) is 41.5 Å². The third kappa shape index (κ3) is 5.19. The first kappa shape index (κ1) is 22.3. The number of rotatable bonds is 6. The topological polar surface area (TPSA) is 9.23 Å². The SMILES string of the molecule is Cc1cc(C)c([Si](OC(C)/C=C\c2ccccc2)c2c(C)cc(C)cc2C)c(C)c1. The Morgan fingerprint density at radius 1 is 0.700 bits per heavy atom. The average molecular weight is 414 g/mol. The second-order valence-corrected chi connectivity index (χ2v) is 10.4. The van der Waals surface area contributed by atoms with E-state index in [-0.39, 0.29) is 6.10 Å². The van der Waals surface area contributed by atoms with Gasteiger partial charge in [-0.25, -0.2) is 0 Å². The zero-order chi connectivity index (χ0) is 21.8. The molecule has 1 unspecified atom stereocenters. The van der Waals surface area contributed by atoms with E-state index in [4.69, 9.17) is 4.43 Å². The predicted octanol–water partition coefficient (Wildman–Crippen LogP) is 5.76. The van der Waals surface area contributed by atoms with E-state index in [1.807, 2.05) is 6.07 Å². The van der Waals surface area contributed by atoms with E-state index in [1.165, 1.54) is 49.3 Å². The summed E-state index contributed by atoms with van der Waals surface area (Å²) in [6, 6.07) is 19.6. The molecule has 1 radical (unpaired) electrons. The molecule has 0 spiro atoms. The molecule has 1 nitrogen and oxygen atoms in total. The van der Waals surface area contributed by atoms with E-state index >= 15 is 0 Å². The minimum absolute atomic E-state index is 0.0271.